The highest BCUT2D eigenvalue weighted by atomic mass is 19.1. The summed E-state index contributed by atoms with van der Waals surface area (Å²) in [6, 6.07) is 6.23. The molecule has 0 bridgehead atoms. The van der Waals surface area contributed by atoms with Gasteiger partial charge in [-0.15, -0.1) is 5.10 Å². The summed E-state index contributed by atoms with van der Waals surface area (Å²) in [6.45, 7) is 0. The molecule has 5 nitrogen and oxygen atoms in total. The Labute approximate surface area is 110 Å². The normalized spacial score (nSPS) is 23.5. The number of aromatic nitrogens is 4. The third-order valence-electron chi connectivity index (χ3n) is 3.62. The van der Waals surface area contributed by atoms with Gasteiger partial charge in [-0.1, -0.05) is 25.0 Å². The maximum atomic E-state index is 13.8. The Hall–Kier alpha value is -1.82. The molecule has 1 heterocycles. The molecule has 0 amide bonds. The lowest BCUT2D eigenvalue weighted by Crippen LogP contribution is -2.29. The van der Waals surface area contributed by atoms with Crippen molar-refractivity contribution in [3.05, 3.63) is 30.1 Å². The number of benzene rings is 1. The van der Waals surface area contributed by atoms with Crippen molar-refractivity contribution in [1.82, 2.24) is 20.2 Å². The smallest absolute Gasteiger partial charge is 0.185 e. The minimum atomic E-state index is -0.470. The van der Waals surface area contributed by atoms with E-state index in [4.69, 9.17) is 0 Å². The quantitative estimate of drug-likeness (QED) is 0.898. The van der Waals surface area contributed by atoms with Gasteiger partial charge in [0.2, 0.25) is 0 Å². The first-order chi connectivity index (χ1) is 9.27. The molecular formula is C13H15FN4O. The summed E-state index contributed by atoms with van der Waals surface area (Å²) in [4.78, 5) is 0. The highest BCUT2D eigenvalue weighted by Gasteiger charge is 2.28. The molecule has 100 valence electrons. The van der Waals surface area contributed by atoms with Crippen molar-refractivity contribution in [3.8, 4) is 11.4 Å². The minimum absolute atomic E-state index is 0.168. The van der Waals surface area contributed by atoms with Crippen LogP contribution in [0.5, 0.6) is 0 Å². The summed E-state index contributed by atoms with van der Waals surface area (Å²) >= 11 is 0. The Morgan fingerprint density at radius 3 is 2.79 bits per heavy atom. The van der Waals surface area contributed by atoms with Gasteiger partial charge in [0.15, 0.2) is 5.82 Å². The predicted octanol–water partition coefficient (Wildman–Crippen LogP) is 1.96. The van der Waals surface area contributed by atoms with Crippen molar-refractivity contribution < 1.29 is 9.50 Å². The third-order valence-corrected chi connectivity index (χ3v) is 3.62. The topological polar surface area (TPSA) is 63.8 Å². The van der Waals surface area contributed by atoms with Gasteiger partial charge in [0.1, 0.15) is 5.82 Å². The van der Waals surface area contributed by atoms with Crippen LogP contribution in [0.15, 0.2) is 24.3 Å². The van der Waals surface area contributed by atoms with Crippen molar-refractivity contribution in [1.29, 1.82) is 0 Å². The molecule has 0 unspecified atom stereocenters. The molecule has 0 radical (unpaired) electrons. The number of tetrazole rings is 1. The van der Waals surface area contributed by atoms with Gasteiger partial charge in [0.25, 0.3) is 0 Å². The molecule has 1 saturated carbocycles. The highest BCUT2D eigenvalue weighted by molar-refractivity contribution is 5.55. The minimum Gasteiger partial charge on any atom is -0.391 e. The molecule has 19 heavy (non-hydrogen) atoms. The number of hydrogen-bond donors (Lipinski definition) is 1. The molecule has 0 saturated heterocycles. The van der Waals surface area contributed by atoms with Gasteiger partial charge >= 0.3 is 0 Å². The Bertz CT molecular complexity index is 571. The second-order valence-corrected chi connectivity index (χ2v) is 4.85. The first kappa shape index (κ1) is 12.2. The molecule has 0 aliphatic heterocycles. The van der Waals surface area contributed by atoms with Crippen LogP contribution in [0.4, 0.5) is 4.39 Å². The van der Waals surface area contributed by atoms with E-state index in [0.29, 0.717) is 11.4 Å². The lowest BCUT2D eigenvalue weighted by Gasteiger charge is -2.27. The summed E-state index contributed by atoms with van der Waals surface area (Å²) in [7, 11) is 0. The van der Waals surface area contributed by atoms with E-state index >= 15 is 0 Å². The fraction of sp³-hybridized carbons (Fsp3) is 0.462. The van der Waals surface area contributed by atoms with Gasteiger partial charge in [-0.2, -0.15) is 0 Å². The average molecular weight is 262 g/mol. The van der Waals surface area contributed by atoms with Gasteiger partial charge in [-0.05, 0) is 35.4 Å². The molecule has 1 N–H and O–H groups in total. The van der Waals surface area contributed by atoms with Crippen LogP contribution in [0.1, 0.15) is 31.7 Å². The molecule has 1 aromatic heterocycles. The summed E-state index contributed by atoms with van der Waals surface area (Å²) in [5.74, 6) is 0.0212. The van der Waals surface area contributed by atoms with Gasteiger partial charge in [0, 0.05) is 0 Å². The molecule has 1 aliphatic carbocycles. The van der Waals surface area contributed by atoms with E-state index in [1.807, 2.05) is 0 Å². The van der Waals surface area contributed by atoms with E-state index in [0.717, 1.165) is 25.7 Å². The summed E-state index contributed by atoms with van der Waals surface area (Å²) in [6.07, 6.45) is 3.12. The van der Waals surface area contributed by atoms with Crippen molar-refractivity contribution >= 4 is 0 Å². The fourth-order valence-corrected chi connectivity index (χ4v) is 2.61. The SMILES string of the molecule is O[C@H]1CCCC[C@@H]1n1nnnc1-c1ccccc1F. The van der Waals surface area contributed by atoms with Crippen molar-refractivity contribution in [2.75, 3.05) is 0 Å². The lowest BCUT2D eigenvalue weighted by molar-refractivity contribution is 0.0692. The fourth-order valence-electron chi connectivity index (χ4n) is 2.61. The van der Waals surface area contributed by atoms with Gasteiger partial charge in [0.05, 0.1) is 17.7 Å². The summed E-state index contributed by atoms with van der Waals surface area (Å²) < 4.78 is 15.4. The van der Waals surface area contributed by atoms with Crippen LogP contribution in [0.2, 0.25) is 0 Å². The van der Waals surface area contributed by atoms with E-state index in [2.05, 4.69) is 15.5 Å². The Morgan fingerprint density at radius 1 is 1.21 bits per heavy atom. The second-order valence-electron chi connectivity index (χ2n) is 4.85. The number of aliphatic hydroxyl groups excluding tert-OH is 1. The number of nitrogens with zero attached hydrogens (tertiary/aromatic N) is 4. The van der Waals surface area contributed by atoms with Crippen LogP contribution in [0, 0.1) is 5.82 Å². The molecular weight excluding hydrogens is 247 g/mol. The number of halogens is 1. The maximum Gasteiger partial charge on any atom is 0.185 e. The molecule has 1 aliphatic rings. The standard InChI is InChI=1S/C13H15FN4O/c14-10-6-2-1-5-9(10)13-15-16-17-18(13)11-7-3-4-8-12(11)19/h1-2,5-6,11-12,19H,3-4,7-8H2/t11-,12-/m0/s1. The maximum absolute atomic E-state index is 13.8. The monoisotopic (exact) mass is 262 g/mol. The Morgan fingerprint density at radius 2 is 2.00 bits per heavy atom. The molecule has 0 spiro atoms. The largest absolute Gasteiger partial charge is 0.391 e. The molecule has 2 aromatic rings. The Kier molecular flexibility index (Phi) is 3.25. The van der Waals surface area contributed by atoms with Crippen molar-refractivity contribution in [2.45, 2.75) is 37.8 Å². The Balaban J connectivity index is 2.01. The van der Waals surface area contributed by atoms with E-state index in [9.17, 15) is 9.50 Å². The number of hydrogen-bond acceptors (Lipinski definition) is 4. The predicted molar refractivity (Wildman–Crippen MR) is 66.7 cm³/mol. The van der Waals surface area contributed by atoms with Gasteiger partial charge < -0.3 is 5.11 Å². The molecule has 1 fully saturated rings. The lowest BCUT2D eigenvalue weighted by atomic mass is 9.92. The number of rotatable bonds is 2. The third kappa shape index (κ3) is 2.23. The zero-order valence-corrected chi connectivity index (χ0v) is 10.4. The van der Waals surface area contributed by atoms with E-state index in [1.54, 1.807) is 22.9 Å². The van der Waals surface area contributed by atoms with Crippen LogP contribution in [-0.2, 0) is 0 Å². The highest BCUT2D eigenvalue weighted by Crippen LogP contribution is 2.31. The van der Waals surface area contributed by atoms with Crippen LogP contribution in [0.25, 0.3) is 11.4 Å². The molecule has 3 rings (SSSR count). The molecule has 1 aromatic carbocycles. The zero-order valence-electron chi connectivity index (χ0n) is 10.4. The van der Waals surface area contributed by atoms with Crippen LogP contribution in [0.3, 0.4) is 0 Å². The second kappa shape index (κ2) is 5.05. The van der Waals surface area contributed by atoms with Crippen LogP contribution >= 0.6 is 0 Å². The van der Waals surface area contributed by atoms with Crippen molar-refractivity contribution in [3.63, 3.8) is 0 Å². The number of aliphatic hydroxyl groups is 1. The first-order valence-corrected chi connectivity index (χ1v) is 6.48. The average Bonchev–Trinajstić information content (AvgIpc) is 2.89. The van der Waals surface area contributed by atoms with Crippen molar-refractivity contribution in [2.24, 2.45) is 0 Å². The van der Waals surface area contributed by atoms with E-state index in [1.165, 1.54) is 6.07 Å². The van der Waals surface area contributed by atoms with Crippen LogP contribution in [-0.4, -0.2) is 31.4 Å². The van der Waals surface area contributed by atoms with Gasteiger partial charge in [-0.25, -0.2) is 9.07 Å². The molecule has 2 atom stereocenters. The van der Waals surface area contributed by atoms with Gasteiger partial charge in [-0.3, -0.25) is 0 Å². The summed E-state index contributed by atoms with van der Waals surface area (Å²) in [5, 5.41) is 21.6. The zero-order chi connectivity index (χ0) is 13.2. The van der Waals surface area contributed by atoms with E-state index in [-0.39, 0.29) is 11.9 Å². The molecule has 6 heteroatoms. The van der Waals surface area contributed by atoms with E-state index < -0.39 is 6.10 Å². The first-order valence-electron chi connectivity index (χ1n) is 6.48. The van der Waals surface area contributed by atoms with Crippen LogP contribution < -0.4 is 0 Å². The summed E-state index contributed by atoms with van der Waals surface area (Å²) in [5.41, 5.74) is 0.366.